The third kappa shape index (κ3) is 5.34. The van der Waals surface area contributed by atoms with Crippen molar-refractivity contribution < 1.29 is 14.3 Å². The SMILES string of the molecule is COc1cc(C)ccc1Oc1ccc(NC(=O)NC2CCN(C)CC2)cn1. The number of nitrogens with zero attached hydrogens (tertiary/aromatic N) is 2. The zero-order chi connectivity index (χ0) is 19.2. The van der Waals surface area contributed by atoms with E-state index >= 15 is 0 Å². The van der Waals surface area contributed by atoms with E-state index in [1.165, 1.54) is 0 Å². The lowest BCUT2D eigenvalue weighted by Gasteiger charge is -2.29. The second-order valence-corrected chi connectivity index (χ2v) is 6.82. The molecule has 1 aliphatic rings. The summed E-state index contributed by atoms with van der Waals surface area (Å²) >= 11 is 0. The van der Waals surface area contributed by atoms with Gasteiger partial charge in [0, 0.05) is 12.1 Å². The molecule has 0 unspecified atom stereocenters. The summed E-state index contributed by atoms with van der Waals surface area (Å²) in [6, 6.07) is 9.17. The summed E-state index contributed by atoms with van der Waals surface area (Å²) in [4.78, 5) is 18.7. The summed E-state index contributed by atoms with van der Waals surface area (Å²) in [5.41, 5.74) is 1.70. The van der Waals surface area contributed by atoms with Crippen LogP contribution in [0.3, 0.4) is 0 Å². The minimum atomic E-state index is -0.208. The highest BCUT2D eigenvalue weighted by atomic mass is 16.5. The molecule has 0 bridgehead atoms. The summed E-state index contributed by atoms with van der Waals surface area (Å²) in [5.74, 6) is 1.67. The molecule has 0 spiro atoms. The minimum absolute atomic E-state index is 0.208. The van der Waals surface area contributed by atoms with Gasteiger partial charge in [-0.05, 0) is 63.7 Å². The van der Waals surface area contributed by atoms with Crippen LogP contribution in [0.15, 0.2) is 36.5 Å². The summed E-state index contributed by atoms with van der Waals surface area (Å²) in [6.07, 6.45) is 3.50. The van der Waals surface area contributed by atoms with Crippen LogP contribution < -0.4 is 20.1 Å². The van der Waals surface area contributed by atoms with Crippen molar-refractivity contribution in [1.29, 1.82) is 0 Å². The van der Waals surface area contributed by atoms with Gasteiger partial charge in [-0.2, -0.15) is 0 Å². The number of amides is 2. The maximum Gasteiger partial charge on any atom is 0.319 e. The van der Waals surface area contributed by atoms with Crippen LogP contribution in [0.5, 0.6) is 17.4 Å². The predicted molar refractivity (Wildman–Crippen MR) is 105 cm³/mol. The van der Waals surface area contributed by atoms with E-state index in [9.17, 15) is 4.79 Å². The van der Waals surface area contributed by atoms with Gasteiger partial charge < -0.3 is 25.0 Å². The number of rotatable bonds is 5. The first kappa shape index (κ1) is 19.0. The molecule has 3 rings (SSSR count). The Kier molecular flexibility index (Phi) is 6.13. The van der Waals surface area contributed by atoms with Crippen molar-refractivity contribution in [2.24, 2.45) is 0 Å². The summed E-state index contributed by atoms with van der Waals surface area (Å²) in [5, 5.41) is 5.83. The Morgan fingerprint density at radius 2 is 1.96 bits per heavy atom. The van der Waals surface area contributed by atoms with Gasteiger partial charge in [-0.25, -0.2) is 9.78 Å². The number of nitrogens with one attached hydrogen (secondary N) is 2. The number of methoxy groups -OCH3 is 1. The van der Waals surface area contributed by atoms with Crippen molar-refractivity contribution in [3.8, 4) is 17.4 Å². The summed E-state index contributed by atoms with van der Waals surface area (Å²) in [7, 11) is 3.70. The smallest absolute Gasteiger partial charge is 0.319 e. The maximum absolute atomic E-state index is 12.1. The van der Waals surface area contributed by atoms with Gasteiger partial charge in [0.05, 0.1) is 19.0 Å². The van der Waals surface area contributed by atoms with E-state index in [1.54, 1.807) is 25.4 Å². The van der Waals surface area contributed by atoms with Gasteiger partial charge in [0.25, 0.3) is 0 Å². The second kappa shape index (κ2) is 8.73. The average molecular weight is 370 g/mol. The molecular weight excluding hydrogens is 344 g/mol. The fourth-order valence-corrected chi connectivity index (χ4v) is 2.99. The molecule has 0 aliphatic carbocycles. The van der Waals surface area contributed by atoms with E-state index in [1.807, 2.05) is 25.1 Å². The highest BCUT2D eigenvalue weighted by Crippen LogP contribution is 2.31. The molecule has 1 fully saturated rings. The largest absolute Gasteiger partial charge is 0.493 e. The number of carbonyl (C=O) groups excluding carboxylic acids is 1. The number of aryl methyl sites for hydroxylation is 1. The number of hydrogen-bond acceptors (Lipinski definition) is 5. The zero-order valence-corrected chi connectivity index (χ0v) is 16.0. The molecule has 1 saturated heterocycles. The van der Waals surface area contributed by atoms with E-state index in [0.717, 1.165) is 31.5 Å². The molecule has 27 heavy (non-hydrogen) atoms. The number of pyridine rings is 1. The zero-order valence-electron chi connectivity index (χ0n) is 16.0. The Morgan fingerprint density at radius 1 is 1.19 bits per heavy atom. The van der Waals surface area contributed by atoms with Gasteiger partial charge in [-0.1, -0.05) is 6.07 Å². The molecular formula is C20H26N4O3. The number of urea groups is 1. The minimum Gasteiger partial charge on any atom is -0.493 e. The van der Waals surface area contributed by atoms with Crippen molar-refractivity contribution in [3.05, 3.63) is 42.1 Å². The molecule has 2 aromatic rings. The molecule has 7 heteroatoms. The Bertz CT molecular complexity index is 771. The summed E-state index contributed by atoms with van der Waals surface area (Å²) in [6.45, 7) is 3.99. The summed E-state index contributed by atoms with van der Waals surface area (Å²) < 4.78 is 11.1. The molecule has 1 aromatic heterocycles. The first-order valence-corrected chi connectivity index (χ1v) is 9.08. The fraction of sp³-hybridized carbons (Fsp3) is 0.400. The monoisotopic (exact) mass is 370 g/mol. The van der Waals surface area contributed by atoms with Crippen LogP contribution in [0, 0.1) is 6.92 Å². The van der Waals surface area contributed by atoms with Gasteiger partial charge in [0.15, 0.2) is 11.5 Å². The van der Waals surface area contributed by atoms with Gasteiger partial charge in [0.1, 0.15) is 0 Å². The highest BCUT2D eigenvalue weighted by molar-refractivity contribution is 5.89. The van der Waals surface area contributed by atoms with Crippen LogP contribution >= 0.6 is 0 Å². The van der Waals surface area contributed by atoms with Gasteiger partial charge in [-0.3, -0.25) is 0 Å². The topological polar surface area (TPSA) is 75.7 Å². The molecule has 0 atom stereocenters. The van der Waals surface area contributed by atoms with Crippen LogP contribution in [0.1, 0.15) is 18.4 Å². The van der Waals surface area contributed by atoms with Gasteiger partial charge >= 0.3 is 6.03 Å². The number of piperidine rings is 1. The van der Waals surface area contributed by atoms with E-state index < -0.39 is 0 Å². The Balaban J connectivity index is 1.55. The molecule has 1 aliphatic heterocycles. The van der Waals surface area contributed by atoms with Crippen molar-refractivity contribution in [1.82, 2.24) is 15.2 Å². The van der Waals surface area contributed by atoms with E-state index in [2.05, 4.69) is 27.6 Å². The first-order valence-electron chi connectivity index (χ1n) is 9.08. The van der Waals surface area contributed by atoms with E-state index in [0.29, 0.717) is 23.1 Å². The van der Waals surface area contributed by atoms with Crippen LogP contribution in [-0.4, -0.2) is 49.2 Å². The quantitative estimate of drug-likeness (QED) is 0.844. The van der Waals surface area contributed by atoms with Crippen LogP contribution in [0.4, 0.5) is 10.5 Å². The lowest BCUT2D eigenvalue weighted by Crippen LogP contribution is -2.44. The van der Waals surface area contributed by atoms with Gasteiger partial charge in [0.2, 0.25) is 5.88 Å². The number of anilines is 1. The third-order valence-corrected chi connectivity index (χ3v) is 4.58. The molecule has 2 N–H and O–H groups in total. The maximum atomic E-state index is 12.1. The molecule has 2 amide bonds. The van der Waals surface area contributed by atoms with Crippen molar-refractivity contribution >= 4 is 11.7 Å². The van der Waals surface area contributed by atoms with Crippen LogP contribution in [-0.2, 0) is 0 Å². The van der Waals surface area contributed by atoms with Crippen molar-refractivity contribution in [3.63, 3.8) is 0 Å². The Morgan fingerprint density at radius 3 is 2.63 bits per heavy atom. The Hall–Kier alpha value is -2.80. The van der Waals surface area contributed by atoms with Gasteiger partial charge in [-0.15, -0.1) is 0 Å². The molecule has 0 radical (unpaired) electrons. The van der Waals surface area contributed by atoms with E-state index in [-0.39, 0.29) is 12.1 Å². The van der Waals surface area contributed by atoms with Crippen LogP contribution in [0.2, 0.25) is 0 Å². The van der Waals surface area contributed by atoms with E-state index in [4.69, 9.17) is 9.47 Å². The Labute approximate surface area is 159 Å². The molecule has 1 aromatic carbocycles. The number of ether oxygens (including phenoxy) is 2. The highest BCUT2D eigenvalue weighted by Gasteiger charge is 2.18. The average Bonchev–Trinajstić information content (AvgIpc) is 2.66. The number of likely N-dealkylation sites (tertiary alicyclic amines) is 1. The second-order valence-electron chi connectivity index (χ2n) is 6.82. The van der Waals surface area contributed by atoms with Crippen molar-refractivity contribution in [2.45, 2.75) is 25.8 Å². The molecule has 7 nitrogen and oxygen atoms in total. The molecule has 0 saturated carbocycles. The number of carbonyl (C=O) groups is 1. The predicted octanol–water partition coefficient (Wildman–Crippen LogP) is 3.41. The van der Waals surface area contributed by atoms with Crippen molar-refractivity contribution in [2.75, 3.05) is 32.6 Å². The number of hydrogen-bond donors (Lipinski definition) is 2. The number of aromatic nitrogens is 1. The lowest BCUT2D eigenvalue weighted by molar-refractivity contribution is 0.221. The normalized spacial score (nSPS) is 15.2. The molecule has 144 valence electrons. The third-order valence-electron chi connectivity index (χ3n) is 4.58. The molecule has 2 heterocycles. The fourth-order valence-electron chi connectivity index (χ4n) is 2.99. The number of benzene rings is 1. The first-order chi connectivity index (χ1) is 13.0. The lowest BCUT2D eigenvalue weighted by atomic mass is 10.1. The standard InChI is InChI=1S/C20H26N4O3/c1-14-4-6-17(18(12-14)26-3)27-19-7-5-16(13-21-19)23-20(25)22-15-8-10-24(2)11-9-15/h4-7,12-13,15H,8-11H2,1-3H3,(H2,22,23,25). The van der Waals surface area contributed by atoms with Crippen LogP contribution in [0.25, 0.3) is 0 Å².